The van der Waals surface area contributed by atoms with Gasteiger partial charge in [0.05, 0.1) is 25.7 Å². The average molecular weight is 512 g/mol. The molecule has 0 heterocycles. The van der Waals surface area contributed by atoms with E-state index in [2.05, 4.69) is 0 Å². The number of primary amides is 1. The highest BCUT2D eigenvalue weighted by Crippen LogP contribution is 2.34. The fraction of sp³-hybridized carbons (Fsp3) is 0.286. The van der Waals surface area contributed by atoms with Gasteiger partial charge in [-0.25, -0.2) is 0 Å². The highest BCUT2D eigenvalue weighted by molar-refractivity contribution is 5.92. The Hall–Kier alpha value is -3.39. The van der Waals surface area contributed by atoms with Crippen molar-refractivity contribution in [2.24, 2.45) is 11.5 Å². The molecule has 0 aliphatic rings. The molecule has 0 unspecified atom stereocenters. The number of nitrogens with zero attached hydrogens (tertiary/aromatic N) is 1. The second kappa shape index (κ2) is 14.2. The summed E-state index contributed by atoms with van der Waals surface area (Å²) in [5.74, 6) is -1.01. The molecule has 0 radical (unpaired) electrons. The Morgan fingerprint density at radius 1 is 0.889 bits per heavy atom. The summed E-state index contributed by atoms with van der Waals surface area (Å²) in [6.07, 6.45) is 0.792. The van der Waals surface area contributed by atoms with Crippen LogP contribution >= 0.6 is 12.4 Å². The summed E-state index contributed by atoms with van der Waals surface area (Å²) in [5, 5.41) is 10.5. The normalized spacial score (nSPS) is 12.3. The molecule has 7 nitrogen and oxygen atoms in total. The Morgan fingerprint density at radius 2 is 1.42 bits per heavy atom. The first-order valence-electron chi connectivity index (χ1n) is 11.7. The number of aliphatic hydroxyl groups excluding tert-OH is 1. The van der Waals surface area contributed by atoms with Gasteiger partial charge in [-0.2, -0.15) is 0 Å². The first-order valence-corrected chi connectivity index (χ1v) is 11.7. The maximum Gasteiger partial charge on any atom is 0.240 e. The minimum atomic E-state index is -0.944. The molecule has 0 bridgehead atoms. The summed E-state index contributed by atoms with van der Waals surface area (Å²) in [6.45, 7) is -0.0420. The number of amides is 2. The van der Waals surface area contributed by atoms with Gasteiger partial charge in [0.25, 0.3) is 0 Å². The van der Waals surface area contributed by atoms with Crippen LogP contribution < -0.4 is 16.2 Å². The van der Waals surface area contributed by atoms with Crippen LogP contribution in [0.1, 0.15) is 41.5 Å². The van der Waals surface area contributed by atoms with Crippen LogP contribution in [0.25, 0.3) is 0 Å². The summed E-state index contributed by atoms with van der Waals surface area (Å²) in [7, 11) is 1.56. The van der Waals surface area contributed by atoms with Gasteiger partial charge < -0.3 is 26.2 Å². The molecule has 36 heavy (non-hydrogen) atoms. The zero-order valence-corrected chi connectivity index (χ0v) is 21.1. The minimum Gasteiger partial charge on any atom is -0.497 e. The molecule has 0 aromatic heterocycles. The van der Waals surface area contributed by atoms with Crippen molar-refractivity contribution in [3.63, 3.8) is 0 Å². The number of hydrogen-bond donors (Lipinski definition) is 3. The molecular formula is C28H34ClN3O4. The van der Waals surface area contributed by atoms with Crippen LogP contribution in [0.5, 0.6) is 5.75 Å². The summed E-state index contributed by atoms with van der Waals surface area (Å²) in [5.41, 5.74) is 13.8. The summed E-state index contributed by atoms with van der Waals surface area (Å²) in [4.78, 5) is 28.5. The van der Waals surface area contributed by atoms with Crippen molar-refractivity contribution in [3.05, 3.63) is 102 Å². The maximum absolute atomic E-state index is 14.4. The smallest absolute Gasteiger partial charge is 0.240 e. The molecule has 3 aromatic carbocycles. The topological polar surface area (TPSA) is 119 Å². The fourth-order valence-electron chi connectivity index (χ4n) is 4.35. The van der Waals surface area contributed by atoms with Crippen molar-refractivity contribution in [3.8, 4) is 5.75 Å². The fourth-order valence-corrected chi connectivity index (χ4v) is 4.35. The SMILES string of the molecule is COc1ccc([C@@H](CO)N(C(=O)C(c2ccccc2)c2ccccc2)[C@H](CCCN)C(N)=O)cc1.Cl. The number of hydrogen-bond acceptors (Lipinski definition) is 5. The standard InChI is InChI=1S/C28H33N3O4.ClH/c1-35-23-16-14-20(15-17-23)25(19-32)31(24(27(30)33)13-8-18-29)28(34)26(21-9-4-2-5-10-21)22-11-6-3-7-12-22;/h2-7,9-12,14-17,24-26,32H,8,13,18-19,29H2,1H3,(H2,30,33);1H/t24-,25-;/m1./s1. The lowest BCUT2D eigenvalue weighted by Crippen LogP contribution is -2.52. The van der Waals surface area contributed by atoms with Gasteiger partial charge in [0.2, 0.25) is 11.8 Å². The number of ether oxygens (including phenoxy) is 1. The van der Waals surface area contributed by atoms with Gasteiger partial charge in [-0.1, -0.05) is 72.8 Å². The largest absolute Gasteiger partial charge is 0.497 e. The minimum absolute atomic E-state index is 0. The van der Waals surface area contributed by atoms with Crippen molar-refractivity contribution in [2.75, 3.05) is 20.3 Å². The molecule has 5 N–H and O–H groups in total. The van der Waals surface area contributed by atoms with Gasteiger partial charge in [0.1, 0.15) is 11.8 Å². The lowest BCUT2D eigenvalue weighted by atomic mass is 9.88. The van der Waals surface area contributed by atoms with Crippen LogP contribution in [0.3, 0.4) is 0 Å². The van der Waals surface area contributed by atoms with E-state index in [1.807, 2.05) is 60.7 Å². The van der Waals surface area contributed by atoms with E-state index >= 15 is 0 Å². The number of carbonyl (C=O) groups is 2. The second-order valence-electron chi connectivity index (χ2n) is 8.32. The molecule has 2 atom stereocenters. The number of benzene rings is 3. The van der Waals surface area contributed by atoms with Gasteiger partial charge in [-0.3, -0.25) is 9.59 Å². The van der Waals surface area contributed by atoms with Gasteiger partial charge >= 0.3 is 0 Å². The van der Waals surface area contributed by atoms with Crippen molar-refractivity contribution >= 4 is 24.2 Å². The van der Waals surface area contributed by atoms with E-state index in [9.17, 15) is 14.7 Å². The van der Waals surface area contributed by atoms with Crippen molar-refractivity contribution < 1.29 is 19.4 Å². The van der Waals surface area contributed by atoms with E-state index in [1.54, 1.807) is 31.4 Å². The molecule has 0 aliphatic carbocycles. The highest BCUT2D eigenvalue weighted by atomic mass is 35.5. The van der Waals surface area contributed by atoms with Crippen molar-refractivity contribution in [1.29, 1.82) is 0 Å². The van der Waals surface area contributed by atoms with E-state index in [-0.39, 0.29) is 24.9 Å². The van der Waals surface area contributed by atoms with Crippen molar-refractivity contribution in [1.82, 2.24) is 4.90 Å². The van der Waals surface area contributed by atoms with Gasteiger partial charge in [0, 0.05) is 0 Å². The molecule has 3 aromatic rings. The summed E-state index contributed by atoms with van der Waals surface area (Å²) in [6, 6.07) is 24.1. The highest BCUT2D eigenvalue weighted by Gasteiger charge is 2.38. The van der Waals surface area contributed by atoms with Crippen LogP contribution in [0.15, 0.2) is 84.9 Å². The quantitative estimate of drug-likeness (QED) is 0.344. The Balaban J connectivity index is 0.00000456. The average Bonchev–Trinajstić information content (AvgIpc) is 2.89. The Bertz CT molecular complexity index is 1040. The predicted octanol–water partition coefficient (Wildman–Crippen LogP) is 3.40. The number of nitrogens with two attached hydrogens (primary N) is 2. The zero-order chi connectivity index (χ0) is 25.2. The Kier molecular flexibility index (Phi) is 11.4. The molecular weight excluding hydrogens is 478 g/mol. The lowest BCUT2D eigenvalue weighted by molar-refractivity contribution is -0.144. The molecule has 0 saturated heterocycles. The second-order valence-corrected chi connectivity index (χ2v) is 8.32. The Labute approximate surface area is 218 Å². The van der Waals surface area contributed by atoms with Crippen LogP contribution in [0, 0.1) is 0 Å². The molecule has 0 saturated carbocycles. The molecule has 3 rings (SSSR count). The van der Waals surface area contributed by atoms with E-state index < -0.39 is 23.9 Å². The molecule has 0 spiro atoms. The number of rotatable bonds is 12. The summed E-state index contributed by atoms with van der Waals surface area (Å²) < 4.78 is 5.25. The third kappa shape index (κ3) is 6.85. The van der Waals surface area contributed by atoms with Crippen LogP contribution in [-0.4, -0.2) is 48.1 Å². The van der Waals surface area contributed by atoms with Gasteiger partial charge in [0.15, 0.2) is 0 Å². The number of methoxy groups -OCH3 is 1. The third-order valence-corrected chi connectivity index (χ3v) is 6.12. The zero-order valence-electron chi connectivity index (χ0n) is 20.3. The van der Waals surface area contributed by atoms with Crippen LogP contribution in [-0.2, 0) is 9.59 Å². The van der Waals surface area contributed by atoms with E-state index in [4.69, 9.17) is 16.2 Å². The summed E-state index contributed by atoms with van der Waals surface area (Å²) >= 11 is 0. The van der Waals surface area contributed by atoms with E-state index in [1.165, 1.54) is 4.90 Å². The molecule has 192 valence electrons. The maximum atomic E-state index is 14.4. The number of aliphatic hydroxyl groups is 1. The molecule has 0 aliphatic heterocycles. The first kappa shape index (κ1) is 28.8. The van der Waals surface area contributed by atoms with Crippen LogP contribution in [0.4, 0.5) is 0 Å². The number of carbonyl (C=O) groups excluding carboxylic acids is 2. The lowest BCUT2D eigenvalue weighted by Gasteiger charge is -2.39. The number of halogens is 1. The molecule has 2 amide bonds. The van der Waals surface area contributed by atoms with E-state index in [0.29, 0.717) is 30.7 Å². The van der Waals surface area contributed by atoms with Gasteiger partial charge in [-0.05, 0) is 48.2 Å². The Morgan fingerprint density at radius 3 is 1.83 bits per heavy atom. The van der Waals surface area contributed by atoms with E-state index in [0.717, 1.165) is 11.1 Å². The third-order valence-electron chi connectivity index (χ3n) is 6.12. The predicted molar refractivity (Wildman–Crippen MR) is 143 cm³/mol. The van der Waals surface area contributed by atoms with Crippen LogP contribution in [0.2, 0.25) is 0 Å². The first-order chi connectivity index (χ1) is 17.0. The molecule has 8 heteroatoms. The monoisotopic (exact) mass is 511 g/mol. The van der Waals surface area contributed by atoms with Gasteiger partial charge in [-0.15, -0.1) is 12.4 Å². The molecule has 0 fully saturated rings. The van der Waals surface area contributed by atoms with Crippen molar-refractivity contribution in [2.45, 2.75) is 30.8 Å².